The number of hydrogen-bond donors (Lipinski definition) is 1. The highest BCUT2D eigenvalue weighted by molar-refractivity contribution is 5.43. The molecule has 1 atom stereocenters. The Morgan fingerprint density at radius 1 is 1.15 bits per heavy atom. The monoisotopic (exact) mass is 283 g/mol. The lowest BCUT2D eigenvalue weighted by Gasteiger charge is -2.23. The summed E-state index contributed by atoms with van der Waals surface area (Å²) >= 11 is 0. The first-order valence-electron chi connectivity index (χ1n) is 6.77. The zero-order valence-electron chi connectivity index (χ0n) is 12.8. The van der Waals surface area contributed by atoms with Crippen LogP contribution in [0.25, 0.3) is 0 Å². The molecule has 0 fully saturated rings. The molecule has 0 saturated carbocycles. The van der Waals surface area contributed by atoms with Gasteiger partial charge in [-0.05, 0) is 24.2 Å². The topological polar surface area (TPSA) is 51.2 Å². The van der Waals surface area contributed by atoms with Gasteiger partial charge in [0.25, 0.3) is 0 Å². The molecule has 0 aliphatic carbocycles. The van der Waals surface area contributed by atoms with E-state index in [0.29, 0.717) is 24.7 Å². The van der Waals surface area contributed by atoms with Crippen molar-refractivity contribution < 1.29 is 19.3 Å². The fourth-order valence-corrected chi connectivity index (χ4v) is 2.01. The Morgan fingerprint density at radius 3 is 2.40 bits per heavy atom. The maximum absolute atomic E-state index is 10.3. The van der Waals surface area contributed by atoms with Gasteiger partial charge < -0.3 is 19.3 Å². The lowest BCUT2D eigenvalue weighted by molar-refractivity contribution is 0.0919. The molecule has 0 heterocycles. The molecule has 0 aliphatic rings. The van der Waals surface area contributed by atoms with E-state index in [4.69, 9.17) is 14.2 Å². The number of likely N-dealkylation sites (N-methyl/N-ethyl adjacent to an activating group) is 1. The van der Waals surface area contributed by atoms with Gasteiger partial charge in [0.2, 0.25) is 0 Å². The molecule has 114 valence electrons. The molecule has 5 nitrogen and oxygen atoms in total. The van der Waals surface area contributed by atoms with Crippen LogP contribution in [0.2, 0.25) is 0 Å². The van der Waals surface area contributed by atoms with Gasteiger partial charge in [0.1, 0.15) is 0 Å². The Balaban J connectivity index is 2.73. The lowest BCUT2D eigenvalue weighted by atomic mass is 10.1. The van der Waals surface area contributed by atoms with Crippen molar-refractivity contribution in [2.24, 2.45) is 0 Å². The van der Waals surface area contributed by atoms with Crippen molar-refractivity contribution in [2.45, 2.75) is 13.0 Å². The van der Waals surface area contributed by atoms with Crippen molar-refractivity contribution in [1.29, 1.82) is 0 Å². The van der Waals surface area contributed by atoms with Crippen LogP contribution in [0, 0.1) is 0 Å². The van der Waals surface area contributed by atoms with E-state index in [-0.39, 0.29) is 0 Å². The summed E-state index contributed by atoms with van der Waals surface area (Å²) in [7, 11) is 4.86. The van der Waals surface area contributed by atoms with Crippen molar-refractivity contribution in [3.8, 4) is 11.5 Å². The Morgan fingerprint density at radius 2 is 1.85 bits per heavy atom. The normalized spacial score (nSPS) is 12.5. The second-order valence-electron chi connectivity index (χ2n) is 4.52. The number of benzene rings is 1. The van der Waals surface area contributed by atoms with Gasteiger partial charge >= 0.3 is 0 Å². The Hall–Kier alpha value is -1.30. The number of aliphatic hydroxyl groups excluding tert-OH is 1. The van der Waals surface area contributed by atoms with E-state index in [1.807, 2.05) is 18.2 Å². The quantitative estimate of drug-likeness (QED) is 0.747. The molecule has 20 heavy (non-hydrogen) atoms. The van der Waals surface area contributed by atoms with Crippen LogP contribution in [0.3, 0.4) is 0 Å². The third-order valence-electron chi connectivity index (χ3n) is 3.28. The highest BCUT2D eigenvalue weighted by atomic mass is 16.5. The van der Waals surface area contributed by atoms with E-state index < -0.39 is 6.10 Å². The highest BCUT2D eigenvalue weighted by Crippen LogP contribution is 2.30. The fraction of sp³-hybridized carbons (Fsp3) is 0.600. The third kappa shape index (κ3) is 4.67. The summed E-state index contributed by atoms with van der Waals surface area (Å²) < 4.78 is 15.5. The second kappa shape index (κ2) is 8.79. The fourth-order valence-electron chi connectivity index (χ4n) is 2.01. The molecule has 0 aromatic heterocycles. The smallest absolute Gasteiger partial charge is 0.161 e. The maximum atomic E-state index is 10.3. The Labute approximate surface area is 121 Å². The summed E-state index contributed by atoms with van der Waals surface area (Å²) in [5.41, 5.74) is 0.818. The number of hydrogen-bond acceptors (Lipinski definition) is 5. The zero-order chi connectivity index (χ0) is 15.0. The van der Waals surface area contributed by atoms with Gasteiger partial charge in [-0.1, -0.05) is 13.0 Å². The van der Waals surface area contributed by atoms with Crippen LogP contribution in [0.1, 0.15) is 18.6 Å². The predicted octanol–water partition coefficient (Wildman–Crippen LogP) is 1.71. The molecule has 0 aliphatic heterocycles. The number of aliphatic hydroxyl groups is 1. The number of nitrogens with zero attached hydrogens (tertiary/aromatic N) is 1. The van der Waals surface area contributed by atoms with E-state index in [2.05, 4.69) is 11.8 Å². The molecule has 1 unspecified atom stereocenters. The molecule has 0 spiro atoms. The van der Waals surface area contributed by atoms with E-state index in [1.54, 1.807) is 21.3 Å². The molecular weight excluding hydrogens is 258 g/mol. The summed E-state index contributed by atoms with van der Waals surface area (Å²) in [4.78, 5) is 2.14. The van der Waals surface area contributed by atoms with Gasteiger partial charge in [-0.2, -0.15) is 0 Å². The molecule has 1 rings (SSSR count). The average Bonchev–Trinajstić information content (AvgIpc) is 2.50. The first-order chi connectivity index (χ1) is 9.65. The largest absolute Gasteiger partial charge is 0.493 e. The highest BCUT2D eigenvalue weighted by Gasteiger charge is 2.14. The van der Waals surface area contributed by atoms with Crippen LogP contribution in [0.4, 0.5) is 0 Å². The number of ether oxygens (including phenoxy) is 3. The molecule has 5 heteroatoms. The first-order valence-corrected chi connectivity index (χ1v) is 6.77. The molecular formula is C15H25NO4. The van der Waals surface area contributed by atoms with Gasteiger partial charge in [0, 0.05) is 20.2 Å². The predicted molar refractivity (Wildman–Crippen MR) is 78.5 cm³/mol. The van der Waals surface area contributed by atoms with Gasteiger partial charge in [-0.15, -0.1) is 0 Å². The van der Waals surface area contributed by atoms with Crippen molar-refractivity contribution >= 4 is 0 Å². The summed E-state index contributed by atoms with van der Waals surface area (Å²) in [5.74, 6) is 1.29. The van der Waals surface area contributed by atoms with Crippen LogP contribution >= 0.6 is 0 Å². The van der Waals surface area contributed by atoms with Crippen LogP contribution < -0.4 is 9.47 Å². The standard InChI is InChI=1S/C15H25NO4/c1-5-16(8-9-18-2)11-13(17)12-6-7-14(19-3)15(10-12)20-4/h6-7,10,13,17H,5,8-9,11H2,1-4H3. The van der Waals surface area contributed by atoms with Crippen LogP contribution in [-0.2, 0) is 4.74 Å². The van der Waals surface area contributed by atoms with Crippen molar-refractivity contribution in [1.82, 2.24) is 4.90 Å². The molecule has 1 aromatic rings. The van der Waals surface area contributed by atoms with Crippen LogP contribution in [-0.4, -0.2) is 57.6 Å². The molecule has 0 amide bonds. The Kier molecular flexibility index (Phi) is 7.36. The van der Waals surface area contributed by atoms with Gasteiger partial charge in [-0.3, -0.25) is 4.90 Å². The van der Waals surface area contributed by atoms with E-state index >= 15 is 0 Å². The van der Waals surface area contributed by atoms with Gasteiger partial charge in [0.05, 0.1) is 26.9 Å². The van der Waals surface area contributed by atoms with Crippen molar-refractivity contribution in [3.63, 3.8) is 0 Å². The molecule has 0 bridgehead atoms. The summed E-state index contributed by atoms with van der Waals surface area (Å²) in [6, 6.07) is 5.48. The Bertz CT molecular complexity index is 397. The molecule has 0 saturated heterocycles. The SMILES string of the molecule is CCN(CCOC)CC(O)c1ccc(OC)c(OC)c1. The van der Waals surface area contributed by atoms with E-state index in [1.165, 1.54) is 0 Å². The summed E-state index contributed by atoms with van der Waals surface area (Å²) in [5, 5.41) is 10.3. The minimum atomic E-state index is -0.563. The first kappa shape index (κ1) is 16.8. The maximum Gasteiger partial charge on any atom is 0.161 e. The number of rotatable bonds is 9. The minimum Gasteiger partial charge on any atom is -0.493 e. The molecule has 0 radical (unpaired) electrons. The average molecular weight is 283 g/mol. The minimum absolute atomic E-state index is 0.563. The molecule has 1 aromatic carbocycles. The van der Waals surface area contributed by atoms with Crippen molar-refractivity contribution in [2.75, 3.05) is 47.6 Å². The van der Waals surface area contributed by atoms with Gasteiger partial charge in [0.15, 0.2) is 11.5 Å². The summed E-state index contributed by atoms with van der Waals surface area (Å²) in [6.07, 6.45) is -0.563. The van der Waals surface area contributed by atoms with E-state index in [9.17, 15) is 5.11 Å². The third-order valence-corrected chi connectivity index (χ3v) is 3.28. The van der Waals surface area contributed by atoms with Crippen molar-refractivity contribution in [3.05, 3.63) is 23.8 Å². The van der Waals surface area contributed by atoms with Crippen LogP contribution in [0.5, 0.6) is 11.5 Å². The summed E-state index contributed by atoms with van der Waals surface area (Å²) in [6.45, 7) is 4.96. The van der Waals surface area contributed by atoms with Gasteiger partial charge in [-0.25, -0.2) is 0 Å². The van der Waals surface area contributed by atoms with E-state index in [0.717, 1.165) is 18.7 Å². The number of methoxy groups -OCH3 is 3. The second-order valence-corrected chi connectivity index (χ2v) is 4.52. The lowest BCUT2D eigenvalue weighted by Crippen LogP contribution is -2.31. The zero-order valence-corrected chi connectivity index (χ0v) is 12.8. The molecule has 1 N–H and O–H groups in total. The van der Waals surface area contributed by atoms with Crippen LogP contribution in [0.15, 0.2) is 18.2 Å².